The number of sulfone groups is 1. The number of benzene rings is 1. The van der Waals surface area contributed by atoms with Gasteiger partial charge < -0.3 is 10.5 Å². The summed E-state index contributed by atoms with van der Waals surface area (Å²) in [7, 11) is -2.42. The molecular weight excluding hydrogens is 278 g/mol. The molecule has 0 aliphatic rings. The molecule has 112 valence electrons. The van der Waals surface area contributed by atoms with Gasteiger partial charge in [0.2, 0.25) is 0 Å². The molecule has 0 heterocycles. The SMILES string of the molecule is COC(=O)CS(=O)(=O)CC(N)c1c(C)cc(C)cc1C. The van der Waals surface area contributed by atoms with Crippen LogP contribution in [0.5, 0.6) is 0 Å². The topological polar surface area (TPSA) is 86.5 Å². The van der Waals surface area contributed by atoms with E-state index in [0.717, 1.165) is 29.4 Å². The average molecular weight is 299 g/mol. The molecule has 0 saturated carbocycles. The van der Waals surface area contributed by atoms with Gasteiger partial charge in [0.1, 0.15) is 5.75 Å². The Morgan fingerprint density at radius 2 is 1.75 bits per heavy atom. The zero-order valence-electron chi connectivity index (χ0n) is 12.3. The second-order valence-corrected chi connectivity index (χ2v) is 7.16. The van der Waals surface area contributed by atoms with Crippen LogP contribution < -0.4 is 5.73 Å². The van der Waals surface area contributed by atoms with Crippen molar-refractivity contribution in [3.05, 3.63) is 34.4 Å². The van der Waals surface area contributed by atoms with E-state index in [1.165, 1.54) is 0 Å². The maximum absolute atomic E-state index is 11.9. The molecule has 6 heteroatoms. The van der Waals surface area contributed by atoms with Gasteiger partial charge in [0, 0.05) is 6.04 Å². The summed E-state index contributed by atoms with van der Waals surface area (Å²) in [6.07, 6.45) is 0. The summed E-state index contributed by atoms with van der Waals surface area (Å²) in [6, 6.07) is 3.29. The average Bonchev–Trinajstić information content (AvgIpc) is 2.25. The Bertz CT molecular complexity index is 585. The number of methoxy groups -OCH3 is 1. The van der Waals surface area contributed by atoms with Gasteiger partial charge in [0.15, 0.2) is 9.84 Å². The molecule has 1 rings (SSSR count). The summed E-state index contributed by atoms with van der Waals surface area (Å²) in [4.78, 5) is 11.1. The van der Waals surface area contributed by atoms with Crippen LogP contribution in [-0.4, -0.2) is 33.0 Å². The molecule has 0 spiro atoms. The molecule has 20 heavy (non-hydrogen) atoms. The predicted octanol–water partition coefficient (Wildman–Crippen LogP) is 1.20. The number of hydrogen-bond acceptors (Lipinski definition) is 5. The van der Waals surface area contributed by atoms with Gasteiger partial charge in [-0.3, -0.25) is 4.79 Å². The normalized spacial score (nSPS) is 13.1. The van der Waals surface area contributed by atoms with Gasteiger partial charge in [0.05, 0.1) is 12.9 Å². The van der Waals surface area contributed by atoms with E-state index < -0.39 is 27.6 Å². The third-order valence-electron chi connectivity index (χ3n) is 3.11. The Kier molecular flexibility index (Phi) is 5.30. The largest absolute Gasteiger partial charge is 0.468 e. The number of hydrogen-bond donors (Lipinski definition) is 1. The molecule has 0 aliphatic carbocycles. The molecule has 1 atom stereocenters. The number of rotatable bonds is 5. The third kappa shape index (κ3) is 4.31. The van der Waals surface area contributed by atoms with Crippen LogP contribution in [-0.2, 0) is 19.4 Å². The molecule has 1 aromatic carbocycles. The Balaban J connectivity index is 2.97. The summed E-state index contributed by atoms with van der Waals surface area (Å²) < 4.78 is 28.2. The van der Waals surface area contributed by atoms with Gasteiger partial charge in [-0.15, -0.1) is 0 Å². The fourth-order valence-electron chi connectivity index (χ4n) is 2.43. The first-order chi connectivity index (χ1) is 9.16. The summed E-state index contributed by atoms with van der Waals surface area (Å²) in [5, 5.41) is 0. The Labute approximate surface area is 120 Å². The minimum absolute atomic E-state index is 0.271. The van der Waals surface area contributed by atoms with Crippen LogP contribution in [0.3, 0.4) is 0 Å². The smallest absolute Gasteiger partial charge is 0.320 e. The lowest BCUT2D eigenvalue weighted by molar-refractivity contribution is -0.137. The fraction of sp³-hybridized carbons (Fsp3) is 0.500. The van der Waals surface area contributed by atoms with Crippen LogP contribution in [0.25, 0.3) is 0 Å². The van der Waals surface area contributed by atoms with Crippen LogP contribution in [0.4, 0.5) is 0 Å². The van der Waals surface area contributed by atoms with E-state index in [9.17, 15) is 13.2 Å². The highest BCUT2D eigenvalue weighted by Crippen LogP contribution is 2.23. The first-order valence-electron chi connectivity index (χ1n) is 6.27. The Hall–Kier alpha value is -1.40. The van der Waals surface area contributed by atoms with Gasteiger partial charge in [-0.25, -0.2) is 8.42 Å². The number of nitrogens with two attached hydrogens (primary N) is 1. The molecule has 1 aromatic rings. The van der Waals surface area contributed by atoms with Crippen LogP contribution >= 0.6 is 0 Å². The summed E-state index contributed by atoms with van der Waals surface area (Å²) in [5.41, 5.74) is 9.87. The van der Waals surface area contributed by atoms with Gasteiger partial charge in [0.25, 0.3) is 0 Å². The van der Waals surface area contributed by atoms with E-state index in [1.54, 1.807) is 0 Å². The molecule has 1 unspecified atom stereocenters. The van der Waals surface area contributed by atoms with Crippen molar-refractivity contribution in [2.75, 3.05) is 18.6 Å². The van der Waals surface area contributed by atoms with Crippen molar-refractivity contribution in [1.82, 2.24) is 0 Å². The minimum Gasteiger partial charge on any atom is -0.468 e. The maximum atomic E-state index is 11.9. The predicted molar refractivity (Wildman–Crippen MR) is 78.3 cm³/mol. The van der Waals surface area contributed by atoms with Crippen molar-refractivity contribution in [3.8, 4) is 0 Å². The van der Waals surface area contributed by atoms with Crippen molar-refractivity contribution in [1.29, 1.82) is 0 Å². The lowest BCUT2D eigenvalue weighted by Crippen LogP contribution is -2.28. The van der Waals surface area contributed by atoms with Crippen molar-refractivity contribution >= 4 is 15.8 Å². The number of carbonyl (C=O) groups is 1. The minimum atomic E-state index is -3.58. The molecular formula is C14H21NO4S. The first-order valence-corrected chi connectivity index (χ1v) is 8.09. The van der Waals surface area contributed by atoms with Crippen LogP contribution in [0.2, 0.25) is 0 Å². The van der Waals surface area contributed by atoms with E-state index in [2.05, 4.69) is 4.74 Å². The van der Waals surface area contributed by atoms with Crippen molar-refractivity contribution < 1.29 is 17.9 Å². The van der Waals surface area contributed by atoms with Gasteiger partial charge in [-0.1, -0.05) is 17.7 Å². The highest BCUT2D eigenvalue weighted by Gasteiger charge is 2.23. The van der Waals surface area contributed by atoms with Crippen LogP contribution in [0.1, 0.15) is 28.3 Å². The molecule has 0 amide bonds. The first kappa shape index (κ1) is 16.7. The monoisotopic (exact) mass is 299 g/mol. The summed E-state index contributed by atoms with van der Waals surface area (Å²) in [6.45, 7) is 5.79. The van der Waals surface area contributed by atoms with Crippen LogP contribution in [0, 0.1) is 20.8 Å². The van der Waals surface area contributed by atoms with Crippen molar-refractivity contribution in [2.45, 2.75) is 26.8 Å². The van der Waals surface area contributed by atoms with Gasteiger partial charge in [-0.2, -0.15) is 0 Å². The van der Waals surface area contributed by atoms with Crippen LogP contribution in [0.15, 0.2) is 12.1 Å². The zero-order valence-corrected chi connectivity index (χ0v) is 13.1. The molecule has 0 fully saturated rings. The lowest BCUT2D eigenvalue weighted by Gasteiger charge is -2.18. The third-order valence-corrected chi connectivity index (χ3v) is 4.65. The van der Waals surface area contributed by atoms with Crippen molar-refractivity contribution in [3.63, 3.8) is 0 Å². The summed E-state index contributed by atoms with van der Waals surface area (Å²) in [5.74, 6) is -1.68. The number of ether oxygens (including phenoxy) is 1. The molecule has 0 aliphatic heterocycles. The fourth-order valence-corrected chi connectivity index (χ4v) is 3.74. The zero-order chi connectivity index (χ0) is 15.5. The molecule has 0 saturated heterocycles. The highest BCUT2D eigenvalue weighted by molar-refractivity contribution is 7.92. The van der Waals surface area contributed by atoms with Gasteiger partial charge >= 0.3 is 5.97 Å². The molecule has 0 bridgehead atoms. The second kappa shape index (κ2) is 6.37. The maximum Gasteiger partial charge on any atom is 0.320 e. The Morgan fingerprint density at radius 3 is 2.20 bits per heavy atom. The molecule has 0 aromatic heterocycles. The molecule has 0 radical (unpaired) electrons. The lowest BCUT2D eigenvalue weighted by atomic mass is 9.95. The van der Waals surface area contributed by atoms with E-state index in [1.807, 2.05) is 32.9 Å². The molecule has 2 N–H and O–H groups in total. The Morgan fingerprint density at radius 1 is 1.25 bits per heavy atom. The standard InChI is InChI=1S/C14H21NO4S/c1-9-5-10(2)14(11(3)6-9)12(15)7-20(17,18)8-13(16)19-4/h5-6,12H,7-8,15H2,1-4H3. The summed E-state index contributed by atoms with van der Waals surface area (Å²) >= 11 is 0. The number of aryl methyl sites for hydroxylation is 3. The van der Waals surface area contributed by atoms with E-state index in [4.69, 9.17) is 5.73 Å². The van der Waals surface area contributed by atoms with E-state index >= 15 is 0 Å². The molecule has 5 nitrogen and oxygen atoms in total. The van der Waals surface area contributed by atoms with Gasteiger partial charge in [-0.05, 0) is 37.5 Å². The van der Waals surface area contributed by atoms with E-state index in [0.29, 0.717) is 0 Å². The highest BCUT2D eigenvalue weighted by atomic mass is 32.2. The second-order valence-electron chi connectivity index (χ2n) is 5.05. The van der Waals surface area contributed by atoms with Crippen molar-refractivity contribution in [2.24, 2.45) is 5.73 Å². The number of esters is 1. The number of carbonyl (C=O) groups excluding carboxylic acids is 1. The quantitative estimate of drug-likeness (QED) is 0.826. The van der Waals surface area contributed by atoms with E-state index in [-0.39, 0.29) is 5.75 Å².